The van der Waals surface area contributed by atoms with E-state index < -0.39 is 17.7 Å². The molecule has 0 heterocycles. The van der Waals surface area contributed by atoms with Crippen LogP contribution in [0.25, 0.3) is 10.8 Å². The first-order chi connectivity index (χ1) is 17.4. The number of nitrogens with zero attached hydrogens (tertiary/aromatic N) is 1. The molecule has 8 nitrogen and oxygen atoms in total. The van der Waals surface area contributed by atoms with Crippen molar-refractivity contribution in [1.29, 1.82) is 0 Å². The molecule has 4 aromatic rings. The monoisotopic (exact) mass is 480 g/mol. The highest BCUT2D eigenvalue weighted by Crippen LogP contribution is 2.21. The molecule has 36 heavy (non-hydrogen) atoms. The molecule has 0 saturated carbocycles. The van der Waals surface area contributed by atoms with Gasteiger partial charge in [-0.3, -0.25) is 14.4 Å². The summed E-state index contributed by atoms with van der Waals surface area (Å²) in [5, 5.41) is 8.75. The number of hydrogen-bond donors (Lipinski definition) is 3. The zero-order valence-electron chi connectivity index (χ0n) is 19.5. The van der Waals surface area contributed by atoms with Crippen LogP contribution in [0, 0.1) is 0 Å². The molecule has 0 radical (unpaired) electrons. The van der Waals surface area contributed by atoms with Crippen LogP contribution in [-0.2, 0) is 16.2 Å². The van der Waals surface area contributed by atoms with Gasteiger partial charge in [-0.2, -0.15) is 5.10 Å². The maximum atomic E-state index is 12.1. The van der Waals surface area contributed by atoms with E-state index in [1.54, 1.807) is 6.92 Å². The van der Waals surface area contributed by atoms with E-state index in [9.17, 15) is 14.4 Å². The Morgan fingerprint density at radius 2 is 1.47 bits per heavy atom. The van der Waals surface area contributed by atoms with E-state index >= 15 is 0 Å². The van der Waals surface area contributed by atoms with E-state index in [0.29, 0.717) is 29.3 Å². The van der Waals surface area contributed by atoms with Gasteiger partial charge in [0.2, 0.25) is 5.91 Å². The second-order valence-electron chi connectivity index (χ2n) is 7.99. The lowest BCUT2D eigenvalue weighted by Crippen LogP contribution is -2.33. The van der Waals surface area contributed by atoms with Crippen LogP contribution in [0.15, 0.2) is 96.1 Å². The molecular weight excluding hydrogens is 456 g/mol. The SMILES string of the molecule is C/C(=N\NC(=O)C(=O)Nc1ccc(C(N)=O)cc1)c1ccc(OCc2cccc3ccccc23)cc1. The Labute approximate surface area is 207 Å². The van der Waals surface area contributed by atoms with Gasteiger partial charge in [0.15, 0.2) is 0 Å². The summed E-state index contributed by atoms with van der Waals surface area (Å²) in [5.41, 5.74) is 10.4. The molecule has 0 unspecified atom stereocenters. The third-order valence-corrected chi connectivity index (χ3v) is 5.51. The lowest BCUT2D eigenvalue weighted by Gasteiger charge is -2.10. The number of benzene rings is 4. The van der Waals surface area contributed by atoms with Crippen LogP contribution in [0.4, 0.5) is 5.69 Å². The number of anilines is 1. The number of hydrazone groups is 1. The standard InChI is InChI=1S/C28H24N4O4/c1-18(31-32-28(35)27(34)30-23-13-9-21(10-14-23)26(29)33)19-11-15-24(16-12-19)36-17-22-7-4-6-20-5-2-3-8-25(20)22/h2-16H,17H2,1H3,(H2,29,33)(H,30,34)(H,32,35)/b31-18+. The van der Waals surface area contributed by atoms with E-state index in [4.69, 9.17) is 10.5 Å². The van der Waals surface area contributed by atoms with Crippen molar-refractivity contribution in [1.82, 2.24) is 5.43 Å². The maximum Gasteiger partial charge on any atom is 0.329 e. The van der Waals surface area contributed by atoms with E-state index in [1.807, 2.05) is 48.5 Å². The molecule has 180 valence electrons. The minimum atomic E-state index is -0.927. The zero-order chi connectivity index (χ0) is 25.5. The number of nitrogens with two attached hydrogens (primary N) is 1. The van der Waals surface area contributed by atoms with Crippen molar-refractivity contribution in [3.05, 3.63) is 108 Å². The van der Waals surface area contributed by atoms with Crippen LogP contribution in [0.5, 0.6) is 5.75 Å². The van der Waals surface area contributed by atoms with Gasteiger partial charge < -0.3 is 15.8 Å². The number of fused-ring (bicyclic) bond motifs is 1. The molecule has 0 fully saturated rings. The molecule has 3 amide bonds. The molecule has 0 aromatic heterocycles. The van der Waals surface area contributed by atoms with E-state index in [1.165, 1.54) is 24.3 Å². The summed E-state index contributed by atoms with van der Waals surface area (Å²) in [6.07, 6.45) is 0. The molecule has 0 atom stereocenters. The maximum absolute atomic E-state index is 12.1. The fraction of sp³-hybridized carbons (Fsp3) is 0.0714. The number of carbonyl (C=O) groups is 3. The number of carbonyl (C=O) groups excluding carboxylic acids is 3. The predicted octanol–water partition coefficient (Wildman–Crippen LogP) is 4.00. The summed E-state index contributed by atoms with van der Waals surface area (Å²) < 4.78 is 5.95. The number of amides is 3. The van der Waals surface area contributed by atoms with Gasteiger partial charge in [-0.05, 0) is 77.4 Å². The summed E-state index contributed by atoms with van der Waals surface area (Å²) in [5.74, 6) is -1.70. The van der Waals surface area contributed by atoms with Gasteiger partial charge in [0.1, 0.15) is 12.4 Å². The van der Waals surface area contributed by atoms with E-state index in [2.05, 4.69) is 34.0 Å². The smallest absolute Gasteiger partial charge is 0.329 e. The van der Waals surface area contributed by atoms with Crippen molar-refractivity contribution >= 4 is 39.9 Å². The molecule has 0 saturated heterocycles. The third-order valence-electron chi connectivity index (χ3n) is 5.51. The van der Waals surface area contributed by atoms with Crippen LogP contribution < -0.4 is 21.2 Å². The molecule has 0 aliphatic rings. The Kier molecular flexibility index (Phi) is 7.36. The van der Waals surface area contributed by atoms with Gasteiger partial charge in [0.25, 0.3) is 0 Å². The minimum absolute atomic E-state index is 0.294. The van der Waals surface area contributed by atoms with Gasteiger partial charge in [-0.25, -0.2) is 5.43 Å². The Morgan fingerprint density at radius 3 is 2.19 bits per heavy atom. The summed E-state index contributed by atoms with van der Waals surface area (Å²) in [4.78, 5) is 35.3. The summed E-state index contributed by atoms with van der Waals surface area (Å²) in [6.45, 7) is 2.15. The second-order valence-corrected chi connectivity index (χ2v) is 7.99. The number of primary amides is 1. The van der Waals surface area contributed by atoms with Gasteiger partial charge >= 0.3 is 11.8 Å². The number of nitrogens with one attached hydrogen (secondary N) is 2. The molecule has 8 heteroatoms. The molecule has 4 N–H and O–H groups in total. The molecule has 0 aliphatic heterocycles. The fourth-order valence-corrected chi connectivity index (χ4v) is 3.53. The molecule has 4 aromatic carbocycles. The molecule has 0 bridgehead atoms. The van der Waals surface area contributed by atoms with Crippen LogP contribution in [0.2, 0.25) is 0 Å². The van der Waals surface area contributed by atoms with Crippen LogP contribution >= 0.6 is 0 Å². The molecule has 4 rings (SSSR count). The van der Waals surface area contributed by atoms with Gasteiger partial charge in [0.05, 0.1) is 5.71 Å². The van der Waals surface area contributed by atoms with Crippen LogP contribution in [-0.4, -0.2) is 23.4 Å². The number of ether oxygens (including phenoxy) is 1. The van der Waals surface area contributed by atoms with Gasteiger partial charge in [-0.1, -0.05) is 42.5 Å². The summed E-state index contributed by atoms with van der Waals surface area (Å²) in [7, 11) is 0. The van der Waals surface area contributed by atoms with Gasteiger partial charge in [-0.15, -0.1) is 0 Å². The number of rotatable bonds is 7. The largest absolute Gasteiger partial charge is 0.489 e. The Hall–Kier alpha value is -4.98. The Bertz CT molecular complexity index is 1440. The first-order valence-corrected chi connectivity index (χ1v) is 11.2. The number of hydrogen-bond acceptors (Lipinski definition) is 5. The van der Waals surface area contributed by atoms with Crippen molar-refractivity contribution in [2.45, 2.75) is 13.5 Å². The average Bonchev–Trinajstić information content (AvgIpc) is 2.90. The van der Waals surface area contributed by atoms with Crippen LogP contribution in [0.1, 0.15) is 28.4 Å². The van der Waals surface area contributed by atoms with Crippen molar-refractivity contribution in [3.8, 4) is 5.75 Å². The quantitative estimate of drug-likeness (QED) is 0.210. The summed E-state index contributed by atoms with van der Waals surface area (Å²) in [6, 6.07) is 27.4. The highest BCUT2D eigenvalue weighted by Gasteiger charge is 2.14. The average molecular weight is 481 g/mol. The van der Waals surface area contributed by atoms with E-state index in [0.717, 1.165) is 21.9 Å². The fourth-order valence-electron chi connectivity index (χ4n) is 3.53. The first kappa shape index (κ1) is 24.2. The van der Waals surface area contributed by atoms with Crippen molar-refractivity contribution in [2.75, 3.05) is 5.32 Å². The molecule has 0 spiro atoms. The molecule has 0 aliphatic carbocycles. The molecular formula is C28H24N4O4. The Morgan fingerprint density at radius 1 is 0.806 bits per heavy atom. The highest BCUT2D eigenvalue weighted by molar-refractivity contribution is 6.39. The lowest BCUT2D eigenvalue weighted by atomic mass is 10.1. The predicted molar refractivity (Wildman–Crippen MR) is 139 cm³/mol. The van der Waals surface area contributed by atoms with Gasteiger partial charge in [0, 0.05) is 11.3 Å². The topological polar surface area (TPSA) is 123 Å². The van der Waals surface area contributed by atoms with E-state index in [-0.39, 0.29) is 0 Å². The second kappa shape index (κ2) is 11.0. The zero-order valence-corrected chi connectivity index (χ0v) is 19.5. The van der Waals surface area contributed by atoms with Crippen LogP contribution in [0.3, 0.4) is 0 Å². The summed E-state index contributed by atoms with van der Waals surface area (Å²) >= 11 is 0. The highest BCUT2D eigenvalue weighted by atomic mass is 16.5. The lowest BCUT2D eigenvalue weighted by molar-refractivity contribution is -0.136. The third kappa shape index (κ3) is 5.92. The first-order valence-electron chi connectivity index (χ1n) is 11.2. The van der Waals surface area contributed by atoms with Crippen molar-refractivity contribution in [3.63, 3.8) is 0 Å². The van der Waals surface area contributed by atoms with Crippen molar-refractivity contribution in [2.24, 2.45) is 10.8 Å². The minimum Gasteiger partial charge on any atom is -0.489 e. The Balaban J connectivity index is 1.31. The van der Waals surface area contributed by atoms with Crippen molar-refractivity contribution < 1.29 is 19.1 Å². The normalized spacial score (nSPS) is 11.1.